The first-order valence-corrected chi connectivity index (χ1v) is 5.96. The normalized spacial score (nSPS) is 24.3. The molecule has 7 heteroatoms. The van der Waals surface area contributed by atoms with Crippen molar-refractivity contribution in [3.05, 3.63) is 12.7 Å². The molecular formula is C11H15N5O2. The number of ether oxygens (including phenoxy) is 1. The van der Waals surface area contributed by atoms with E-state index in [0.717, 1.165) is 12.8 Å². The third-order valence-corrected chi connectivity index (χ3v) is 3.13. The van der Waals surface area contributed by atoms with Crippen LogP contribution in [0.1, 0.15) is 19.1 Å². The summed E-state index contributed by atoms with van der Waals surface area (Å²) in [5.74, 6) is 0.670. The van der Waals surface area contributed by atoms with E-state index in [1.165, 1.54) is 6.33 Å². The van der Waals surface area contributed by atoms with Crippen LogP contribution in [0.25, 0.3) is 11.2 Å². The number of aromatic nitrogens is 4. The molecule has 0 aliphatic carbocycles. The van der Waals surface area contributed by atoms with Gasteiger partial charge in [0.2, 0.25) is 0 Å². The molecule has 3 heterocycles. The maximum atomic E-state index is 9.99. The molecule has 2 aromatic heterocycles. The van der Waals surface area contributed by atoms with Gasteiger partial charge in [-0.05, 0) is 12.8 Å². The maximum Gasteiger partial charge on any atom is 0.167 e. The average Bonchev–Trinajstić information content (AvgIpc) is 2.83. The molecular weight excluding hydrogens is 234 g/mol. The van der Waals surface area contributed by atoms with E-state index in [2.05, 4.69) is 20.3 Å². The number of aliphatic hydroxyl groups excluding tert-OH is 1. The second-order valence-corrected chi connectivity index (χ2v) is 4.27. The lowest BCUT2D eigenvalue weighted by molar-refractivity contribution is -0.112. The molecule has 0 bridgehead atoms. The fraction of sp³-hybridized carbons (Fsp3) is 0.545. The van der Waals surface area contributed by atoms with Gasteiger partial charge in [0.25, 0.3) is 0 Å². The predicted molar refractivity (Wildman–Crippen MR) is 65.1 cm³/mol. The number of rotatable bonds is 2. The van der Waals surface area contributed by atoms with Gasteiger partial charge in [0.15, 0.2) is 17.7 Å². The van der Waals surface area contributed by atoms with Crippen molar-refractivity contribution in [2.45, 2.75) is 25.2 Å². The van der Waals surface area contributed by atoms with Crippen molar-refractivity contribution in [3.63, 3.8) is 0 Å². The Morgan fingerprint density at radius 1 is 1.44 bits per heavy atom. The zero-order valence-electron chi connectivity index (χ0n) is 10.1. The maximum absolute atomic E-state index is 9.99. The quantitative estimate of drug-likeness (QED) is 0.808. The fourth-order valence-corrected chi connectivity index (χ4v) is 2.24. The van der Waals surface area contributed by atoms with Crippen LogP contribution in [-0.4, -0.2) is 44.4 Å². The van der Waals surface area contributed by atoms with Crippen LogP contribution in [0.15, 0.2) is 12.7 Å². The van der Waals surface area contributed by atoms with Crippen LogP contribution in [0.5, 0.6) is 0 Å². The predicted octanol–water partition coefficient (Wildman–Crippen LogP) is 0.538. The first-order valence-electron chi connectivity index (χ1n) is 5.96. The molecule has 3 rings (SSSR count). The Balaban J connectivity index is 2.07. The molecule has 18 heavy (non-hydrogen) atoms. The SMILES string of the molecule is CNc1ncnc2c1ncn2[C@@H]1OCCC[C@H]1O. The average molecular weight is 249 g/mol. The van der Waals surface area contributed by atoms with E-state index in [9.17, 15) is 5.11 Å². The third-order valence-electron chi connectivity index (χ3n) is 3.13. The summed E-state index contributed by atoms with van der Waals surface area (Å²) in [6, 6.07) is 0. The minimum absolute atomic E-state index is 0.414. The third kappa shape index (κ3) is 1.72. The van der Waals surface area contributed by atoms with Crippen LogP contribution in [0, 0.1) is 0 Å². The van der Waals surface area contributed by atoms with E-state index < -0.39 is 12.3 Å². The van der Waals surface area contributed by atoms with Crippen molar-refractivity contribution >= 4 is 17.0 Å². The lowest BCUT2D eigenvalue weighted by Crippen LogP contribution is -2.31. The Hall–Kier alpha value is -1.73. The lowest BCUT2D eigenvalue weighted by atomic mass is 10.1. The standard InChI is InChI=1S/C11H15N5O2/c1-12-9-8-10(14-5-13-9)16(6-15-8)11-7(17)3-2-4-18-11/h5-7,11,17H,2-4H2,1H3,(H,12,13,14)/t7-,11-/m1/s1. The fourth-order valence-electron chi connectivity index (χ4n) is 2.24. The number of nitrogens with zero attached hydrogens (tertiary/aromatic N) is 4. The van der Waals surface area contributed by atoms with Gasteiger partial charge in [-0.1, -0.05) is 0 Å². The van der Waals surface area contributed by atoms with Gasteiger partial charge in [0.1, 0.15) is 11.8 Å². The number of fused-ring (bicyclic) bond motifs is 1. The van der Waals surface area contributed by atoms with Gasteiger partial charge in [-0.3, -0.25) is 4.57 Å². The Kier molecular flexibility index (Phi) is 2.85. The summed E-state index contributed by atoms with van der Waals surface area (Å²) >= 11 is 0. The summed E-state index contributed by atoms with van der Waals surface area (Å²) < 4.78 is 7.37. The molecule has 0 amide bonds. The smallest absolute Gasteiger partial charge is 0.167 e. The van der Waals surface area contributed by atoms with Crippen LogP contribution >= 0.6 is 0 Å². The molecule has 1 saturated heterocycles. The van der Waals surface area contributed by atoms with Crippen LogP contribution in [0.3, 0.4) is 0 Å². The van der Waals surface area contributed by atoms with Gasteiger partial charge in [-0.25, -0.2) is 15.0 Å². The largest absolute Gasteiger partial charge is 0.388 e. The van der Waals surface area contributed by atoms with Crippen molar-refractivity contribution in [2.75, 3.05) is 19.0 Å². The highest BCUT2D eigenvalue weighted by atomic mass is 16.5. The second kappa shape index (κ2) is 4.51. The van der Waals surface area contributed by atoms with Gasteiger partial charge in [-0.15, -0.1) is 0 Å². The summed E-state index contributed by atoms with van der Waals surface area (Å²) in [7, 11) is 1.78. The van der Waals surface area contributed by atoms with Crippen LogP contribution < -0.4 is 5.32 Å². The number of hydrogen-bond donors (Lipinski definition) is 2. The highest BCUT2D eigenvalue weighted by Crippen LogP contribution is 2.27. The van der Waals surface area contributed by atoms with E-state index in [1.54, 1.807) is 17.9 Å². The van der Waals surface area contributed by atoms with Gasteiger partial charge in [-0.2, -0.15) is 0 Å². The number of hydrogen-bond acceptors (Lipinski definition) is 6. The monoisotopic (exact) mass is 249 g/mol. The molecule has 2 N–H and O–H groups in total. The zero-order chi connectivity index (χ0) is 12.5. The highest BCUT2D eigenvalue weighted by Gasteiger charge is 2.27. The van der Waals surface area contributed by atoms with Gasteiger partial charge in [0, 0.05) is 13.7 Å². The molecule has 0 saturated carbocycles. The van der Waals surface area contributed by atoms with Gasteiger partial charge < -0.3 is 15.2 Å². The molecule has 0 spiro atoms. The van der Waals surface area contributed by atoms with Crippen molar-refractivity contribution in [3.8, 4) is 0 Å². The molecule has 1 fully saturated rings. The molecule has 0 unspecified atom stereocenters. The molecule has 7 nitrogen and oxygen atoms in total. The van der Waals surface area contributed by atoms with Crippen LogP contribution in [0.2, 0.25) is 0 Å². The minimum atomic E-state index is -0.524. The van der Waals surface area contributed by atoms with E-state index in [0.29, 0.717) is 23.6 Å². The zero-order valence-corrected chi connectivity index (χ0v) is 10.1. The van der Waals surface area contributed by atoms with Crippen molar-refractivity contribution < 1.29 is 9.84 Å². The van der Waals surface area contributed by atoms with Gasteiger partial charge in [0.05, 0.1) is 12.4 Å². The highest BCUT2D eigenvalue weighted by molar-refractivity contribution is 5.82. The Bertz CT molecular complexity index is 555. The number of imidazole rings is 1. The summed E-state index contributed by atoms with van der Waals surface area (Å²) in [6.45, 7) is 0.644. The summed E-state index contributed by atoms with van der Waals surface area (Å²) in [5.41, 5.74) is 1.35. The van der Waals surface area contributed by atoms with E-state index in [1.807, 2.05) is 0 Å². The molecule has 1 aliphatic rings. The summed E-state index contributed by atoms with van der Waals surface area (Å²) in [5, 5.41) is 13.0. The van der Waals surface area contributed by atoms with Crippen LogP contribution in [-0.2, 0) is 4.74 Å². The topological polar surface area (TPSA) is 85.1 Å². The summed E-state index contributed by atoms with van der Waals surface area (Å²) in [4.78, 5) is 12.6. The van der Waals surface area contributed by atoms with Crippen molar-refractivity contribution in [1.82, 2.24) is 19.5 Å². The molecule has 96 valence electrons. The molecule has 2 aromatic rings. The Morgan fingerprint density at radius 2 is 2.33 bits per heavy atom. The first-order chi connectivity index (χ1) is 8.81. The summed E-state index contributed by atoms with van der Waals surface area (Å²) in [6.07, 6.45) is 3.78. The van der Waals surface area contributed by atoms with Gasteiger partial charge >= 0.3 is 0 Å². The number of nitrogens with one attached hydrogen (secondary N) is 1. The minimum Gasteiger partial charge on any atom is -0.388 e. The Morgan fingerprint density at radius 3 is 3.11 bits per heavy atom. The molecule has 2 atom stereocenters. The van der Waals surface area contributed by atoms with Crippen molar-refractivity contribution in [2.24, 2.45) is 0 Å². The number of anilines is 1. The van der Waals surface area contributed by atoms with E-state index in [-0.39, 0.29) is 0 Å². The number of aliphatic hydroxyl groups is 1. The lowest BCUT2D eigenvalue weighted by Gasteiger charge is -2.28. The first kappa shape index (κ1) is 11.4. The molecule has 0 radical (unpaired) electrons. The van der Waals surface area contributed by atoms with Crippen LogP contribution in [0.4, 0.5) is 5.82 Å². The van der Waals surface area contributed by atoms with E-state index >= 15 is 0 Å². The van der Waals surface area contributed by atoms with E-state index in [4.69, 9.17) is 4.74 Å². The Labute approximate surface area is 104 Å². The second-order valence-electron chi connectivity index (χ2n) is 4.27. The molecule has 0 aromatic carbocycles. The molecule has 1 aliphatic heterocycles. The van der Waals surface area contributed by atoms with Crippen molar-refractivity contribution in [1.29, 1.82) is 0 Å².